The summed E-state index contributed by atoms with van der Waals surface area (Å²) in [6.07, 6.45) is 0. The Hall–Kier alpha value is -13.3. The van der Waals surface area contributed by atoms with Crippen molar-refractivity contribution < 1.29 is 0 Å². The van der Waals surface area contributed by atoms with Gasteiger partial charge in [-0.2, -0.15) is 0 Å². The fraction of sp³-hybridized carbons (Fsp3) is 0. The Bertz CT molecular complexity index is 6340. The maximum absolute atomic E-state index is 5.10. The number of aromatic nitrogens is 8. The minimum Gasteiger partial charge on any atom is -0.309 e. The zero-order valence-corrected chi connectivity index (χ0v) is 52.8. The molecule has 8 heteroatoms. The third kappa shape index (κ3) is 8.64. The molecule has 0 fully saturated rings. The van der Waals surface area contributed by atoms with Gasteiger partial charge in [-0.3, -0.25) is 0 Å². The lowest BCUT2D eigenvalue weighted by atomic mass is 9.93. The van der Waals surface area contributed by atoms with Crippen LogP contribution in [-0.4, -0.2) is 39.0 Å². The molecule has 0 unspecified atom stereocenters. The molecule has 0 aliphatic heterocycles. The highest BCUT2D eigenvalue weighted by atomic mass is 15.0. The predicted octanol–water partition coefficient (Wildman–Crippen LogP) is 22.7. The summed E-state index contributed by atoms with van der Waals surface area (Å²) in [7, 11) is 0. The molecule has 4 heterocycles. The summed E-state index contributed by atoms with van der Waals surface area (Å²) in [5.41, 5.74) is 22.9. The number of rotatable bonds is 8. The Labute approximate surface area is 563 Å². The third-order valence-electron chi connectivity index (χ3n) is 19.8. The molecular weight excluding hydrogens is 1190 g/mol. The van der Waals surface area contributed by atoms with E-state index in [1.54, 1.807) is 0 Å². The van der Waals surface area contributed by atoms with Crippen LogP contribution >= 0.6 is 0 Å². The van der Waals surface area contributed by atoms with Gasteiger partial charge in [-0.1, -0.05) is 267 Å². The van der Waals surface area contributed by atoms with E-state index in [0.717, 1.165) is 55.5 Å². The molecule has 454 valence electrons. The van der Waals surface area contributed by atoms with Crippen LogP contribution in [0.5, 0.6) is 0 Å². The highest BCUT2D eigenvalue weighted by molar-refractivity contribution is 6.32. The average molecular weight is 1250 g/mol. The molecule has 21 rings (SSSR count). The van der Waals surface area contributed by atoms with Crippen LogP contribution in [0.4, 0.5) is 0 Å². The van der Waals surface area contributed by atoms with Crippen LogP contribution in [-0.2, 0) is 0 Å². The van der Waals surface area contributed by atoms with Crippen LogP contribution in [0.25, 0.3) is 200 Å². The molecule has 2 aliphatic carbocycles. The predicted molar refractivity (Wildman–Crippen MR) is 402 cm³/mol. The summed E-state index contributed by atoms with van der Waals surface area (Å²) in [4.78, 5) is 29.9. The number of benzene rings is 15. The van der Waals surface area contributed by atoms with Gasteiger partial charge in [-0.15, -0.1) is 0 Å². The van der Waals surface area contributed by atoms with Crippen LogP contribution in [0.15, 0.2) is 328 Å². The van der Waals surface area contributed by atoms with Gasteiger partial charge in [0.1, 0.15) is 0 Å². The molecule has 0 radical (unpaired) electrons. The van der Waals surface area contributed by atoms with Crippen molar-refractivity contribution in [3.8, 4) is 124 Å². The van der Waals surface area contributed by atoms with Gasteiger partial charge in [0.2, 0.25) is 0 Å². The number of hydrogen-bond acceptors (Lipinski definition) is 6. The summed E-state index contributed by atoms with van der Waals surface area (Å²) in [6.45, 7) is 0. The van der Waals surface area contributed by atoms with Crippen molar-refractivity contribution in [1.29, 1.82) is 0 Å². The molecule has 15 aromatic carbocycles. The normalized spacial score (nSPS) is 11.9. The van der Waals surface area contributed by atoms with Gasteiger partial charge in [0, 0.05) is 66.0 Å². The van der Waals surface area contributed by atoms with Crippen LogP contribution in [0, 0.1) is 0 Å². The first-order chi connectivity index (χ1) is 48.6. The molecule has 0 N–H and O–H groups in total. The van der Waals surface area contributed by atoms with Crippen LogP contribution in [0.2, 0.25) is 0 Å². The van der Waals surface area contributed by atoms with E-state index in [-0.39, 0.29) is 0 Å². The maximum atomic E-state index is 5.10. The number of fused-ring (bicyclic) bond motifs is 7. The van der Waals surface area contributed by atoms with E-state index in [4.69, 9.17) is 29.9 Å². The van der Waals surface area contributed by atoms with E-state index in [1.807, 2.05) is 121 Å². The minimum absolute atomic E-state index is 0.649. The van der Waals surface area contributed by atoms with Gasteiger partial charge < -0.3 is 9.13 Å². The van der Waals surface area contributed by atoms with Crippen molar-refractivity contribution in [3.63, 3.8) is 0 Å². The highest BCUT2D eigenvalue weighted by Crippen LogP contribution is 2.52. The zero-order valence-electron chi connectivity index (χ0n) is 52.8. The topological polar surface area (TPSA) is 87.2 Å². The second-order valence-corrected chi connectivity index (χ2v) is 25.2. The summed E-state index contributed by atoms with van der Waals surface area (Å²) >= 11 is 0. The van der Waals surface area contributed by atoms with Crippen LogP contribution in [0.3, 0.4) is 0 Å². The standard InChI is InChI=1S/C47H28N4.C43H26N4/c1-3-13-30(14-4-1)45-48-46(31-15-5-2-6-16-31)50-47(49-45)38-26-28-39(35-21-10-9-20-34(35)38)51-40-24-12-23-37-33-19-8-7-18-32(33)36-22-11-17-29-25-27-41(51)44(42(29)36)43(37)40;1-3-11-28(12-4-1)41-44-42(29-13-5-2-6-14-29)46-43(45-41)30-21-24-31(25-22-30)47-36-20-10-19-35-33-17-8-7-16-32(33)34-18-9-15-27-23-26-37(47)40(38(27)34)39(35)36/h1-28H;1-26H. The first-order valence-electron chi connectivity index (χ1n) is 33.2. The summed E-state index contributed by atoms with van der Waals surface area (Å²) < 4.78 is 4.86. The van der Waals surface area contributed by atoms with Crippen LogP contribution < -0.4 is 0 Å². The van der Waals surface area contributed by atoms with Crippen LogP contribution in [0.1, 0.15) is 0 Å². The maximum Gasteiger partial charge on any atom is 0.164 e. The Balaban J connectivity index is 0.000000133. The fourth-order valence-electron chi connectivity index (χ4n) is 15.5. The fourth-order valence-corrected chi connectivity index (χ4v) is 15.5. The van der Waals surface area contributed by atoms with E-state index in [1.165, 1.54) is 110 Å². The van der Waals surface area contributed by atoms with Crippen molar-refractivity contribution in [2.24, 2.45) is 0 Å². The quantitative estimate of drug-likeness (QED) is 0.151. The summed E-state index contributed by atoms with van der Waals surface area (Å²) in [6, 6.07) is 116. The smallest absolute Gasteiger partial charge is 0.164 e. The van der Waals surface area contributed by atoms with E-state index in [9.17, 15) is 0 Å². The van der Waals surface area contributed by atoms with Crippen molar-refractivity contribution in [2.45, 2.75) is 0 Å². The molecule has 8 nitrogen and oxygen atoms in total. The SMILES string of the molecule is c1ccc(-c2nc(-c3ccccc3)nc(-c3ccc(-n4c5cccc6c5c5c7c(cccc7ccc54)-c4ccccc4-6)c4ccccc34)n2)cc1.c1ccc(-c2nc(-c3ccccc3)nc(-c3ccc(-n4c5cccc6c5c5c7c(cccc7ccc54)-c4ccccc4-6)cc3)n2)cc1. The van der Waals surface area contributed by atoms with E-state index < -0.39 is 0 Å². The number of nitrogens with zero attached hydrogens (tertiary/aromatic N) is 8. The first kappa shape index (κ1) is 55.2. The van der Waals surface area contributed by atoms with Gasteiger partial charge in [-0.25, -0.2) is 29.9 Å². The molecule has 0 saturated heterocycles. The van der Waals surface area contributed by atoms with Gasteiger partial charge in [0.15, 0.2) is 34.9 Å². The lowest BCUT2D eigenvalue weighted by Crippen LogP contribution is -2.01. The second-order valence-electron chi connectivity index (χ2n) is 25.2. The third-order valence-corrected chi connectivity index (χ3v) is 19.8. The highest BCUT2D eigenvalue weighted by Gasteiger charge is 2.28. The summed E-state index contributed by atoms with van der Waals surface area (Å²) in [5, 5.41) is 12.6. The lowest BCUT2D eigenvalue weighted by Gasteiger charge is -2.16. The molecule has 4 aromatic heterocycles. The molecule has 19 aromatic rings. The van der Waals surface area contributed by atoms with Crippen molar-refractivity contribution in [1.82, 2.24) is 39.0 Å². The van der Waals surface area contributed by atoms with E-state index in [2.05, 4.69) is 215 Å². The second kappa shape index (κ2) is 22.2. The van der Waals surface area contributed by atoms with Gasteiger partial charge in [0.25, 0.3) is 0 Å². The molecule has 0 atom stereocenters. The molecule has 0 spiro atoms. The Morgan fingerprint density at radius 3 is 0.939 bits per heavy atom. The lowest BCUT2D eigenvalue weighted by molar-refractivity contribution is 1.07. The van der Waals surface area contributed by atoms with Crippen molar-refractivity contribution in [3.05, 3.63) is 328 Å². The molecule has 0 amide bonds. The average Bonchev–Trinajstić information content (AvgIpc) is 1.55. The number of hydrogen-bond donors (Lipinski definition) is 0. The van der Waals surface area contributed by atoms with E-state index in [0.29, 0.717) is 34.9 Å². The van der Waals surface area contributed by atoms with Gasteiger partial charge >= 0.3 is 0 Å². The largest absolute Gasteiger partial charge is 0.309 e. The molecular formula is C90H54N8. The molecule has 0 bridgehead atoms. The molecule has 0 saturated carbocycles. The van der Waals surface area contributed by atoms with Gasteiger partial charge in [0.05, 0.1) is 27.8 Å². The zero-order chi connectivity index (χ0) is 64.4. The minimum atomic E-state index is 0.649. The summed E-state index contributed by atoms with van der Waals surface area (Å²) in [5.74, 6) is 3.92. The molecule has 98 heavy (non-hydrogen) atoms. The Kier molecular flexibility index (Phi) is 12.5. The van der Waals surface area contributed by atoms with Crippen molar-refractivity contribution >= 4 is 75.9 Å². The van der Waals surface area contributed by atoms with Gasteiger partial charge in [-0.05, 0) is 132 Å². The Morgan fingerprint density at radius 2 is 0.500 bits per heavy atom. The molecule has 2 aliphatic rings. The first-order valence-corrected chi connectivity index (χ1v) is 33.2. The monoisotopic (exact) mass is 1250 g/mol. The van der Waals surface area contributed by atoms with E-state index >= 15 is 0 Å². The van der Waals surface area contributed by atoms with Crippen molar-refractivity contribution in [2.75, 3.05) is 0 Å². The Morgan fingerprint density at radius 1 is 0.173 bits per heavy atom.